The van der Waals surface area contributed by atoms with Gasteiger partial charge in [0.15, 0.2) is 11.5 Å². The molecule has 1 aromatic heterocycles. The van der Waals surface area contributed by atoms with Crippen LogP contribution in [0.2, 0.25) is 0 Å². The van der Waals surface area contributed by atoms with E-state index in [-0.39, 0.29) is 12.7 Å². The summed E-state index contributed by atoms with van der Waals surface area (Å²) in [5.41, 5.74) is 2.99. The number of carbonyl (C=O) groups excluding carboxylic acids is 1. The number of amides is 1. The van der Waals surface area contributed by atoms with Crippen LogP contribution in [0.5, 0.6) is 11.5 Å². The average molecular weight is 388 g/mol. The zero-order valence-corrected chi connectivity index (χ0v) is 15.8. The number of ether oxygens (including phenoxy) is 2. The van der Waals surface area contributed by atoms with Crippen LogP contribution in [0.25, 0.3) is 11.1 Å². The first kappa shape index (κ1) is 17.5. The topological polar surface area (TPSA) is 76.6 Å². The molecule has 2 aliphatic rings. The number of anilines is 2. The highest BCUT2D eigenvalue weighted by Crippen LogP contribution is 2.34. The van der Waals surface area contributed by atoms with Crippen molar-refractivity contribution in [2.45, 2.75) is 12.8 Å². The molecule has 1 saturated heterocycles. The Balaban J connectivity index is 1.33. The van der Waals surface area contributed by atoms with Crippen LogP contribution in [0.15, 0.2) is 54.9 Å². The van der Waals surface area contributed by atoms with E-state index >= 15 is 0 Å². The van der Waals surface area contributed by atoms with Crippen molar-refractivity contribution in [2.24, 2.45) is 0 Å². The van der Waals surface area contributed by atoms with E-state index in [4.69, 9.17) is 9.47 Å². The molecule has 1 amide bonds. The van der Waals surface area contributed by atoms with Crippen LogP contribution >= 0.6 is 0 Å². The lowest BCUT2D eigenvalue weighted by molar-refractivity contribution is 0.102. The largest absolute Gasteiger partial charge is 0.454 e. The minimum absolute atomic E-state index is 0.194. The fourth-order valence-electron chi connectivity index (χ4n) is 3.57. The Morgan fingerprint density at radius 1 is 0.931 bits per heavy atom. The summed E-state index contributed by atoms with van der Waals surface area (Å²) in [7, 11) is 0. The molecule has 3 heterocycles. The summed E-state index contributed by atoms with van der Waals surface area (Å²) in [6.45, 7) is 2.22. The second-order valence-corrected chi connectivity index (χ2v) is 7.07. The highest BCUT2D eigenvalue weighted by atomic mass is 16.7. The molecule has 2 aliphatic heterocycles. The number of hydrogen-bond donors (Lipinski definition) is 1. The van der Waals surface area contributed by atoms with Crippen molar-refractivity contribution >= 4 is 17.5 Å². The van der Waals surface area contributed by atoms with Gasteiger partial charge < -0.3 is 19.7 Å². The Hall–Kier alpha value is -3.61. The second kappa shape index (κ2) is 7.43. The number of aromatic nitrogens is 2. The average Bonchev–Trinajstić information content (AvgIpc) is 3.46. The Labute approximate surface area is 168 Å². The van der Waals surface area contributed by atoms with Gasteiger partial charge in [-0.15, -0.1) is 0 Å². The lowest BCUT2D eigenvalue weighted by atomic mass is 10.1. The van der Waals surface area contributed by atoms with Crippen LogP contribution in [-0.2, 0) is 0 Å². The number of nitrogens with zero attached hydrogens (tertiary/aromatic N) is 3. The molecule has 0 radical (unpaired) electrons. The number of fused-ring (bicyclic) bond motifs is 1. The van der Waals surface area contributed by atoms with E-state index < -0.39 is 0 Å². The van der Waals surface area contributed by atoms with Crippen LogP contribution in [0.1, 0.15) is 23.2 Å². The summed E-state index contributed by atoms with van der Waals surface area (Å²) < 4.78 is 10.7. The number of benzene rings is 2. The van der Waals surface area contributed by atoms with Crippen molar-refractivity contribution in [3.8, 4) is 22.6 Å². The molecule has 0 atom stereocenters. The van der Waals surface area contributed by atoms with Gasteiger partial charge in [0.25, 0.3) is 5.91 Å². The van der Waals surface area contributed by atoms with Gasteiger partial charge in [-0.25, -0.2) is 9.97 Å². The summed E-state index contributed by atoms with van der Waals surface area (Å²) >= 11 is 0. The SMILES string of the molecule is O=C(Nc1ccc2c(c1)OCO2)c1cccc(-c2cnc(N3CCCC3)nc2)c1. The van der Waals surface area contributed by atoms with Gasteiger partial charge in [0.2, 0.25) is 12.7 Å². The molecule has 0 spiro atoms. The Kier molecular flexibility index (Phi) is 4.48. The first-order valence-electron chi connectivity index (χ1n) is 9.65. The summed E-state index contributed by atoms with van der Waals surface area (Å²) in [6, 6.07) is 12.8. The third-order valence-electron chi connectivity index (χ3n) is 5.12. The minimum atomic E-state index is -0.194. The fourth-order valence-corrected chi connectivity index (χ4v) is 3.57. The quantitative estimate of drug-likeness (QED) is 0.734. The maximum Gasteiger partial charge on any atom is 0.255 e. The second-order valence-electron chi connectivity index (χ2n) is 7.07. The first-order chi connectivity index (χ1) is 14.3. The van der Waals surface area contributed by atoms with Gasteiger partial charge in [-0.2, -0.15) is 0 Å². The first-order valence-corrected chi connectivity index (χ1v) is 9.65. The van der Waals surface area contributed by atoms with Crippen molar-refractivity contribution in [2.75, 3.05) is 30.1 Å². The number of nitrogens with one attached hydrogen (secondary N) is 1. The van der Waals surface area contributed by atoms with Crippen LogP contribution in [0.3, 0.4) is 0 Å². The third-order valence-corrected chi connectivity index (χ3v) is 5.12. The van der Waals surface area contributed by atoms with Crippen LogP contribution < -0.4 is 19.7 Å². The molecule has 2 aromatic carbocycles. The predicted octanol–water partition coefficient (Wildman–Crippen LogP) is 3.72. The van der Waals surface area contributed by atoms with Crippen LogP contribution in [0, 0.1) is 0 Å². The zero-order chi connectivity index (χ0) is 19.6. The maximum atomic E-state index is 12.7. The lowest BCUT2D eigenvalue weighted by Crippen LogP contribution is -2.20. The number of hydrogen-bond acceptors (Lipinski definition) is 6. The minimum Gasteiger partial charge on any atom is -0.454 e. The van der Waals surface area contributed by atoms with Gasteiger partial charge in [-0.05, 0) is 42.7 Å². The smallest absolute Gasteiger partial charge is 0.255 e. The normalized spacial score (nSPS) is 14.8. The van der Waals surface area contributed by atoms with Crippen molar-refractivity contribution in [3.05, 3.63) is 60.4 Å². The predicted molar refractivity (Wildman–Crippen MR) is 109 cm³/mol. The van der Waals surface area contributed by atoms with Crippen LogP contribution in [-0.4, -0.2) is 35.8 Å². The molecule has 0 aliphatic carbocycles. The highest BCUT2D eigenvalue weighted by molar-refractivity contribution is 6.05. The monoisotopic (exact) mass is 388 g/mol. The highest BCUT2D eigenvalue weighted by Gasteiger charge is 2.16. The molecular weight excluding hydrogens is 368 g/mol. The van der Waals surface area contributed by atoms with E-state index in [2.05, 4.69) is 20.2 Å². The third kappa shape index (κ3) is 3.59. The molecule has 3 aromatic rings. The fraction of sp³-hybridized carbons (Fsp3) is 0.227. The van der Waals surface area contributed by atoms with E-state index in [9.17, 15) is 4.79 Å². The van der Waals surface area contributed by atoms with Gasteiger partial charge in [-0.1, -0.05) is 12.1 Å². The molecule has 1 fully saturated rings. The van der Waals surface area contributed by atoms with Crippen LogP contribution in [0.4, 0.5) is 11.6 Å². The van der Waals surface area contributed by atoms with Crippen molar-refractivity contribution in [1.82, 2.24) is 9.97 Å². The molecule has 0 saturated carbocycles. The molecule has 146 valence electrons. The molecule has 0 bridgehead atoms. The standard InChI is InChI=1S/C22H20N4O3/c27-21(25-18-6-7-19-20(11-18)29-14-28-19)16-5-3-4-15(10-16)17-12-23-22(24-13-17)26-8-1-2-9-26/h3-7,10-13H,1-2,8-9,14H2,(H,25,27). The van der Waals surface area contributed by atoms with E-state index in [0.717, 1.165) is 30.2 Å². The molecule has 1 N–H and O–H groups in total. The van der Waals surface area contributed by atoms with Gasteiger partial charge in [0.1, 0.15) is 0 Å². The summed E-state index contributed by atoms with van der Waals surface area (Å²) in [5.74, 6) is 1.89. The zero-order valence-electron chi connectivity index (χ0n) is 15.8. The Morgan fingerprint density at radius 2 is 1.72 bits per heavy atom. The van der Waals surface area contributed by atoms with E-state index in [0.29, 0.717) is 22.7 Å². The van der Waals surface area contributed by atoms with Gasteiger partial charge in [0, 0.05) is 48.4 Å². The molecule has 29 heavy (non-hydrogen) atoms. The lowest BCUT2D eigenvalue weighted by Gasteiger charge is -2.14. The number of rotatable bonds is 4. The van der Waals surface area contributed by atoms with Crippen molar-refractivity contribution < 1.29 is 14.3 Å². The summed E-state index contributed by atoms with van der Waals surface area (Å²) in [4.78, 5) is 23.9. The van der Waals surface area contributed by atoms with Gasteiger partial charge in [-0.3, -0.25) is 4.79 Å². The Bertz CT molecular complexity index is 1050. The van der Waals surface area contributed by atoms with E-state index in [1.165, 1.54) is 12.8 Å². The van der Waals surface area contributed by atoms with E-state index in [1.54, 1.807) is 24.3 Å². The summed E-state index contributed by atoms with van der Waals surface area (Å²) in [5, 5.41) is 2.90. The van der Waals surface area contributed by atoms with Crippen molar-refractivity contribution in [1.29, 1.82) is 0 Å². The molecule has 5 rings (SSSR count). The molecule has 7 heteroatoms. The van der Waals surface area contributed by atoms with E-state index in [1.807, 2.05) is 30.6 Å². The molecule has 0 unspecified atom stereocenters. The van der Waals surface area contributed by atoms with Gasteiger partial charge >= 0.3 is 0 Å². The summed E-state index contributed by atoms with van der Waals surface area (Å²) in [6.07, 6.45) is 6.00. The molecular formula is C22H20N4O3. The number of carbonyl (C=O) groups is 1. The maximum absolute atomic E-state index is 12.7. The Morgan fingerprint density at radius 3 is 2.55 bits per heavy atom. The van der Waals surface area contributed by atoms with Crippen molar-refractivity contribution in [3.63, 3.8) is 0 Å². The van der Waals surface area contributed by atoms with Gasteiger partial charge in [0.05, 0.1) is 0 Å². The molecule has 7 nitrogen and oxygen atoms in total.